The summed E-state index contributed by atoms with van der Waals surface area (Å²) >= 11 is 4.86. The minimum absolute atomic E-state index is 0.0153. The molecule has 0 spiro atoms. The van der Waals surface area contributed by atoms with E-state index in [1.54, 1.807) is 4.90 Å². The van der Waals surface area contributed by atoms with Crippen molar-refractivity contribution in [2.24, 2.45) is 0 Å². The van der Waals surface area contributed by atoms with Gasteiger partial charge in [-0.15, -0.1) is 0 Å². The molecule has 0 heterocycles. The van der Waals surface area contributed by atoms with Crippen LogP contribution in [0.2, 0.25) is 6.04 Å². The van der Waals surface area contributed by atoms with Crippen LogP contribution in [-0.4, -0.2) is 52.5 Å². The van der Waals surface area contributed by atoms with E-state index < -0.39 is 0 Å². The van der Waals surface area contributed by atoms with Crippen molar-refractivity contribution in [3.63, 3.8) is 0 Å². The fourth-order valence-electron chi connectivity index (χ4n) is 2.76. The molecular formula is C17H39NO2SSi. The first-order valence-corrected chi connectivity index (χ1v) is 10.6. The van der Waals surface area contributed by atoms with Gasteiger partial charge in [-0.2, -0.15) is 5.75 Å². The number of nitrogens with one attached hydrogen (secondary N) is 1. The second-order valence-corrected chi connectivity index (χ2v) is 8.01. The molecule has 2 radical (unpaired) electrons. The Kier molecular flexibility index (Phi) is 18.3. The maximum atomic E-state index is 5.39. The number of hydrogen-bond acceptors (Lipinski definition) is 3. The summed E-state index contributed by atoms with van der Waals surface area (Å²) < 4.78 is 10.8. The zero-order valence-electron chi connectivity index (χ0n) is 16.1. The summed E-state index contributed by atoms with van der Waals surface area (Å²) in [5.41, 5.74) is 0. The van der Waals surface area contributed by atoms with Gasteiger partial charge in [0.25, 0.3) is 0 Å². The molecule has 134 valence electrons. The lowest BCUT2D eigenvalue weighted by molar-refractivity contribution is -0.962. The van der Waals surface area contributed by atoms with Gasteiger partial charge >= 0.3 is 0 Å². The normalized spacial score (nSPS) is 11.7. The zero-order chi connectivity index (χ0) is 17.5. The predicted octanol–water partition coefficient (Wildman–Crippen LogP) is 2.50. The second kappa shape index (κ2) is 16.3. The molecule has 0 saturated carbocycles. The van der Waals surface area contributed by atoms with Gasteiger partial charge in [-0.1, -0.05) is 12.5 Å². The summed E-state index contributed by atoms with van der Waals surface area (Å²) in [6, 6.07) is 3.38. The molecule has 22 heavy (non-hydrogen) atoms. The SMILES string of the molecule is CC(C)[NH+](C(C)C)C(C)C.CCOC(OCC)[Si]CCC[S-]. The van der Waals surface area contributed by atoms with Crippen LogP contribution in [0.5, 0.6) is 0 Å². The van der Waals surface area contributed by atoms with Crippen LogP contribution in [0.15, 0.2) is 0 Å². The molecule has 0 fully saturated rings. The Morgan fingerprint density at radius 1 is 0.864 bits per heavy atom. The van der Waals surface area contributed by atoms with Gasteiger partial charge in [-0.25, -0.2) is 0 Å². The molecule has 1 N–H and O–H groups in total. The van der Waals surface area contributed by atoms with E-state index in [2.05, 4.69) is 41.5 Å². The molecule has 0 bridgehead atoms. The van der Waals surface area contributed by atoms with E-state index in [1.165, 1.54) is 0 Å². The first kappa shape index (κ1) is 24.7. The number of quaternary nitrogens is 1. The topological polar surface area (TPSA) is 22.9 Å². The Morgan fingerprint density at radius 3 is 1.50 bits per heavy atom. The van der Waals surface area contributed by atoms with Crippen molar-refractivity contribution in [2.45, 2.75) is 91.9 Å². The lowest BCUT2D eigenvalue weighted by Gasteiger charge is -2.31. The molecule has 3 nitrogen and oxygen atoms in total. The summed E-state index contributed by atoms with van der Waals surface area (Å²) in [6.45, 7) is 19.2. The van der Waals surface area contributed by atoms with Crippen LogP contribution < -0.4 is 4.90 Å². The van der Waals surface area contributed by atoms with Gasteiger partial charge in [0, 0.05) is 13.2 Å². The van der Waals surface area contributed by atoms with Crippen molar-refractivity contribution in [3.05, 3.63) is 0 Å². The van der Waals surface area contributed by atoms with Crippen molar-refractivity contribution in [1.29, 1.82) is 0 Å². The summed E-state index contributed by atoms with van der Waals surface area (Å²) in [6.07, 6.45) is 1.10. The fourth-order valence-corrected chi connectivity index (χ4v) is 4.35. The fraction of sp³-hybridized carbons (Fsp3) is 1.00. The number of rotatable bonds is 11. The van der Waals surface area contributed by atoms with E-state index in [9.17, 15) is 0 Å². The highest BCUT2D eigenvalue weighted by molar-refractivity contribution is 7.58. The molecular weight excluding hydrogens is 310 g/mol. The monoisotopic (exact) mass is 349 g/mol. The van der Waals surface area contributed by atoms with Crippen LogP contribution in [0.3, 0.4) is 0 Å². The average molecular weight is 350 g/mol. The van der Waals surface area contributed by atoms with E-state index >= 15 is 0 Å². The number of ether oxygens (including phenoxy) is 2. The Morgan fingerprint density at radius 2 is 1.27 bits per heavy atom. The maximum absolute atomic E-state index is 5.39. The van der Waals surface area contributed by atoms with Crippen LogP contribution in [0.4, 0.5) is 0 Å². The zero-order valence-corrected chi connectivity index (χ0v) is 17.9. The molecule has 0 aliphatic rings. The summed E-state index contributed by atoms with van der Waals surface area (Å²) in [7, 11) is 0.733. The molecule has 0 atom stereocenters. The van der Waals surface area contributed by atoms with E-state index in [0.29, 0.717) is 0 Å². The quantitative estimate of drug-likeness (QED) is 0.268. The lowest BCUT2D eigenvalue weighted by Crippen LogP contribution is -3.20. The standard InChI is InChI=1S/C9H21N.C8H18O2SSi/c1-7(2)10(8(3)4)9(5)6;1-3-9-8(10-4-2)12-7-5-6-11/h7-9H,1-6H3;8,11H,3-7H2,1-2H3. The molecule has 0 amide bonds. The van der Waals surface area contributed by atoms with Gasteiger partial charge < -0.3 is 27.0 Å². The first-order valence-electron chi connectivity index (χ1n) is 8.72. The van der Waals surface area contributed by atoms with E-state index in [-0.39, 0.29) is 5.91 Å². The highest BCUT2D eigenvalue weighted by Crippen LogP contribution is 1.98. The Labute approximate surface area is 147 Å². The minimum Gasteiger partial charge on any atom is -0.793 e. The molecule has 0 unspecified atom stereocenters. The van der Waals surface area contributed by atoms with Crippen molar-refractivity contribution in [2.75, 3.05) is 19.0 Å². The number of hydrogen-bond donors (Lipinski definition) is 1. The molecule has 5 heteroatoms. The third kappa shape index (κ3) is 14.1. The Bertz CT molecular complexity index is 204. The molecule has 0 aromatic rings. The van der Waals surface area contributed by atoms with Crippen LogP contribution in [0.1, 0.15) is 61.8 Å². The van der Waals surface area contributed by atoms with Gasteiger partial charge in [0.15, 0.2) is 0 Å². The van der Waals surface area contributed by atoms with Crippen LogP contribution in [-0.2, 0) is 22.1 Å². The van der Waals surface area contributed by atoms with Crippen LogP contribution in [0, 0.1) is 0 Å². The highest BCUT2D eigenvalue weighted by Gasteiger charge is 2.19. The largest absolute Gasteiger partial charge is 0.793 e. The lowest BCUT2D eigenvalue weighted by atomic mass is 10.2. The Hall–Kier alpha value is 0.447. The van der Waals surface area contributed by atoms with Crippen molar-refractivity contribution >= 4 is 22.1 Å². The third-order valence-electron chi connectivity index (χ3n) is 3.27. The third-order valence-corrected chi connectivity index (χ3v) is 4.87. The van der Waals surface area contributed by atoms with E-state index in [4.69, 9.17) is 22.1 Å². The Balaban J connectivity index is 0. The van der Waals surface area contributed by atoms with Gasteiger partial charge in [0.05, 0.1) is 18.1 Å². The van der Waals surface area contributed by atoms with Crippen LogP contribution in [0.25, 0.3) is 0 Å². The van der Waals surface area contributed by atoms with Crippen molar-refractivity contribution in [1.82, 2.24) is 0 Å². The summed E-state index contributed by atoms with van der Waals surface area (Å²) in [5.74, 6) is 0.861. The van der Waals surface area contributed by atoms with E-state index in [1.807, 2.05) is 13.8 Å². The van der Waals surface area contributed by atoms with Crippen molar-refractivity contribution < 1.29 is 14.4 Å². The smallest absolute Gasteiger partial charge is 0.137 e. The average Bonchev–Trinajstić information content (AvgIpc) is 2.38. The molecule has 0 aromatic carbocycles. The minimum atomic E-state index is 0.0153. The van der Waals surface area contributed by atoms with Crippen molar-refractivity contribution in [3.8, 4) is 0 Å². The molecule has 0 aliphatic carbocycles. The van der Waals surface area contributed by atoms with Gasteiger partial charge in [0.1, 0.15) is 15.4 Å². The van der Waals surface area contributed by atoms with Gasteiger partial charge in [-0.3, -0.25) is 0 Å². The molecule has 0 saturated heterocycles. The van der Waals surface area contributed by atoms with Gasteiger partial charge in [0.2, 0.25) is 0 Å². The molecule has 0 aromatic heterocycles. The predicted molar refractivity (Wildman–Crippen MR) is 101 cm³/mol. The van der Waals surface area contributed by atoms with Gasteiger partial charge in [-0.05, 0) is 55.4 Å². The highest BCUT2D eigenvalue weighted by atomic mass is 32.1. The summed E-state index contributed by atoms with van der Waals surface area (Å²) in [4.78, 5) is 1.69. The van der Waals surface area contributed by atoms with Crippen LogP contribution >= 0.6 is 0 Å². The molecule has 0 rings (SSSR count). The second-order valence-electron chi connectivity index (χ2n) is 6.22. The maximum Gasteiger partial charge on any atom is 0.137 e. The summed E-state index contributed by atoms with van der Waals surface area (Å²) in [5, 5.41) is 0. The van der Waals surface area contributed by atoms with E-state index in [0.717, 1.165) is 59.1 Å². The first-order chi connectivity index (χ1) is 10.3. The molecule has 0 aliphatic heterocycles.